The van der Waals surface area contributed by atoms with Gasteiger partial charge in [-0.2, -0.15) is 0 Å². The van der Waals surface area contributed by atoms with Crippen molar-refractivity contribution in [2.75, 3.05) is 21.1 Å². The van der Waals surface area contributed by atoms with Crippen LogP contribution < -0.4 is 0 Å². The Bertz CT molecular complexity index is 3020. The molecule has 3 aromatic heterocycles. The minimum Gasteiger partial charge on any atom is -0.338 e. The number of nitrogens with zero attached hydrogens (tertiary/aromatic N) is 6. The molecule has 0 atom stereocenters. The second-order valence-corrected chi connectivity index (χ2v) is 17.6. The molecular formula is C51H39Cl3N6O3. The molecule has 12 heteroatoms. The number of carbonyl (C=O) groups excluding carboxylic acids is 3. The first-order valence-corrected chi connectivity index (χ1v) is 21.8. The summed E-state index contributed by atoms with van der Waals surface area (Å²) in [5.41, 5.74) is 2.91. The highest BCUT2D eigenvalue weighted by molar-refractivity contribution is 6.40. The second kappa shape index (κ2) is 16.1. The van der Waals surface area contributed by atoms with Gasteiger partial charge >= 0.3 is 0 Å². The molecule has 0 unspecified atom stereocenters. The Balaban J connectivity index is 0.992. The largest absolute Gasteiger partial charge is 0.338 e. The van der Waals surface area contributed by atoms with Crippen molar-refractivity contribution in [1.29, 1.82) is 0 Å². The van der Waals surface area contributed by atoms with Crippen LogP contribution in [0, 0.1) is 0 Å². The standard InChI is InChI=1S/C51H39Cl3N6O3/c1-58(49(61)40-25-55-46-34-13-7-4-10-28(34)16-19-37(46)43(40)52)31-22-32(59(2)50(62)41-26-56-47-35-14-8-5-11-29(35)17-20-38(47)44(41)53)24-33(23-31)60(3)51(63)42-27-57-48-36-15-9-6-12-30(36)18-21-39(48)45(42)54/h4-21,25-27,31-33H,22-24H2,1-3H3. The number of fused-ring (bicyclic) bond motifs is 9. The molecule has 9 nitrogen and oxygen atoms in total. The molecule has 1 aliphatic carbocycles. The monoisotopic (exact) mass is 888 g/mol. The number of rotatable bonds is 6. The predicted octanol–water partition coefficient (Wildman–Crippen LogP) is 11.7. The topological polar surface area (TPSA) is 99.6 Å². The fourth-order valence-electron chi connectivity index (χ4n) is 9.40. The summed E-state index contributed by atoms with van der Waals surface area (Å²) in [4.78, 5) is 62.9. The van der Waals surface area contributed by atoms with Crippen molar-refractivity contribution >= 4 is 118 Å². The first-order valence-electron chi connectivity index (χ1n) is 20.7. The van der Waals surface area contributed by atoms with Crippen LogP contribution >= 0.6 is 34.8 Å². The molecule has 312 valence electrons. The van der Waals surface area contributed by atoms with Crippen LogP contribution in [0.2, 0.25) is 15.1 Å². The molecule has 1 saturated carbocycles. The van der Waals surface area contributed by atoms with E-state index in [9.17, 15) is 14.4 Å². The fraction of sp³-hybridized carbons (Fsp3) is 0.176. The van der Waals surface area contributed by atoms with Gasteiger partial charge in [0.25, 0.3) is 17.7 Å². The molecule has 3 amide bonds. The van der Waals surface area contributed by atoms with E-state index in [1.807, 2.05) is 109 Å². The Labute approximate surface area is 377 Å². The van der Waals surface area contributed by atoms with Gasteiger partial charge in [-0.3, -0.25) is 29.3 Å². The van der Waals surface area contributed by atoms with E-state index < -0.39 is 18.1 Å². The lowest BCUT2D eigenvalue weighted by Gasteiger charge is -2.45. The molecule has 0 saturated heterocycles. The molecule has 0 spiro atoms. The molecule has 9 aromatic rings. The maximum absolute atomic E-state index is 14.5. The molecule has 0 N–H and O–H groups in total. The summed E-state index contributed by atoms with van der Waals surface area (Å²) in [5.74, 6) is -0.964. The van der Waals surface area contributed by atoms with Crippen molar-refractivity contribution in [3.63, 3.8) is 0 Å². The molecule has 1 fully saturated rings. The van der Waals surface area contributed by atoms with Crippen LogP contribution in [0.15, 0.2) is 128 Å². The van der Waals surface area contributed by atoms with Crippen molar-refractivity contribution in [2.24, 2.45) is 0 Å². The van der Waals surface area contributed by atoms with Gasteiger partial charge in [0.1, 0.15) is 0 Å². The van der Waals surface area contributed by atoms with Gasteiger partial charge in [0, 0.05) is 90.2 Å². The lowest BCUT2D eigenvalue weighted by atomic mass is 9.84. The summed E-state index contributed by atoms with van der Waals surface area (Å²) >= 11 is 21.1. The zero-order valence-electron chi connectivity index (χ0n) is 34.5. The molecule has 0 radical (unpaired) electrons. The quantitative estimate of drug-likeness (QED) is 0.154. The van der Waals surface area contributed by atoms with Gasteiger partial charge in [0.15, 0.2) is 0 Å². The van der Waals surface area contributed by atoms with Gasteiger partial charge in [0.05, 0.1) is 48.3 Å². The molecular weight excluding hydrogens is 851 g/mol. The lowest BCUT2D eigenvalue weighted by Crippen LogP contribution is -2.54. The van der Waals surface area contributed by atoms with Gasteiger partial charge in [-0.05, 0) is 35.4 Å². The maximum Gasteiger partial charge on any atom is 0.256 e. The van der Waals surface area contributed by atoms with Gasteiger partial charge in [0.2, 0.25) is 0 Å². The van der Waals surface area contributed by atoms with Crippen molar-refractivity contribution < 1.29 is 14.4 Å². The van der Waals surface area contributed by atoms with Crippen LogP contribution in [0.3, 0.4) is 0 Å². The van der Waals surface area contributed by atoms with E-state index in [1.54, 1.807) is 35.8 Å². The Morgan fingerprint density at radius 1 is 0.413 bits per heavy atom. The Kier molecular flexibility index (Phi) is 10.4. The third-order valence-corrected chi connectivity index (χ3v) is 14.2. The van der Waals surface area contributed by atoms with Crippen LogP contribution in [-0.4, -0.2) is 86.6 Å². The first kappa shape index (κ1) is 40.7. The highest BCUT2D eigenvalue weighted by atomic mass is 35.5. The van der Waals surface area contributed by atoms with E-state index >= 15 is 0 Å². The molecule has 0 aliphatic heterocycles. The summed E-state index contributed by atoms with van der Waals surface area (Å²) in [6, 6.07) is 34.0. The molecule has 63 heavy (non-hydrogen) atoms. The van der Waals surface area contributed by atoms with Crippen LogP contribution in [0.1, 0.15) is 50.3 Å². The van der Waals surface area contributed by atoms with Gasteiger partial charge in [-0.15, -0.1) is 0 Å². The smallest absolute Gasteiger partial charge is 0.256 e. The average molecular weight is 890 g/mol. The summed E-state index contributed by atoms with van der Waals surface area (Å²) in [6.07, 6.45) is 5.86. The average Bonchev–Trinajstić information content (AvgIpc) is 3.32. The predicted molar refractivity (Wildman–Crippen MR) is 254 cm³/mol. The van der Waals surface area contributed by atoms with Gasteiger partial charge < -0.3 is 14.7 Å². The lowest BCUT2D eigenvalue weighted by molar-refractivity contribution is 0.0365. The fourth-order valence-corrected chi connectivity index (χ4v) is 10.2. The minimum absolute atomic E-state index is 0.262. The highest BCUT2D eigenvalue weighted by Gasteiger charge is 2.40. The van der Waals surface area contributed by atoms with Crippen LogP contribution in [-0.2, 0) is 0 Å². The van der Waals surface area contributed by atoms with Crippen molar-refractivity contribution in [2.45, 2.75) is 37.4 Å². The number of halogens is 3. The third kappa shape index (κ3) is 6.86. The molecule has 6 aromatic carbocycles. The van der Waals surface area contributed by atoms with Gasteiger partial charge in [-0.1, -0.05) is 144 Å². The zero-order valence-corrected chi connectivity index (χ0v) is 36.8. The number of carbonyl (C=O) groups is 3. The van der Waals surface area contributed by atoms with E-state index in [2.05, 4.69) is 0 Å². The SMILES string of the molecule is CN(C(=O)c1cnc2c(ccc3ccccc32)c1Cl)C1CC(N(C)C(=O)c2cnc3c(ccc4ccccc43)c2Cl)CC(N(C)C(=O)c2cnc3c(ccc4ccccc43)c2Cl)C1. The summed E-state index contributed by atoms with van der Waals surface area (Å²) in [7, 11) is 5.21. The van der Waals surface area contributed by atoms with Crippen molar-refractivity contribution in [3.8, 4) is 0 Å². The number of pyridine rings is 3. The Hall–Kier alpha value is -6.39. The van der Waals surface area contributed by atoms with Crippen LogP contribution in [0.4, 0.5) is 0 Å². The number of hydrogen-bond donors (Lipinski definition) is 0. The zero-order chi connectivity index (χ0) is 43.7. The Morgan fingerprint density at radius 3 is 0.968 bits per heavy atom. The minimum atomic E-state index is -0.428. The van der Waals surface area contributed by atoms with Crippen LogP contribution in [0.5, 0.6) is 0 Å². The molecule has 0 bridgehead atoms. The normalized spacial score (nSPS) is 16.6. The highest BCUT2D eigenvalue weighted by Crippen LogP contribution is 2.38. The van der Waals surface area contributed by atoms with E-state index in [1.165, 1.54) is 18.6 Å². The van der Waals surface area contributed by atoms with Crippen molar-refractivity contribution in [3.05, 3.63) is 160 Å². The maximum atomic E-state index is 14.5. The van der Waals surface area contributed by atoms with E-state index in [0.717, 1.165) is 32.3 Å². The molecule has 10 rings (SSSR count). The molecule has 1 aliphatic rings. The number of amides is 3. The van der Waals surface area contributed by atoms with Crippen molar-refractivity contribution in [1.82, 2.24) is 29.7 Å². The number of benzene rings is 6. The second-order valence-electron chi connectivity index (χ2n) is 16.4. The van der Waals surface area contributed by atoms with Gasteiger partial charge in [-0.25, -0.2) is 0 Å². The number of aromatic nitrogens is 3. The van der Waals surface area contributed by atoms with E-state index in [0.29, 0.717) is 67.0 Å². The molecule has 3 heterocycles. The number of hydrogen-bond acceptors (Lipinski definition) is 6. The van der Waals surface area contributed by atoms with E-state index in [4.69, 9.17) is 49.8 Å². The van der Waals surface area contributed by atoms with Crippen LogP contribution in [0.25, 0.3) is 65.0 Å². The summed E-state index contributed by atoms with van der Waals surface area (Å²) < 4.78 is 0. The first-order chi connectivity index (χ1) is 30.5. The third-order valence-electron chi connectivity index (χ3n) is 13.0. The Morgan fingerprint density at radius 2 is 0.683 bits per heavy atom. The summed E-state index contributed by atoms with van der Waals surface area (Å²) in [5, 5.41) is 8.82. The summed E-state index contributed by atoms with van der Waals surface area (Å²) in [6.45, 7) is 0. The van der Waals surface area contributed by atoms with E-state index in [-0.39, 0.29) is 34.4 Å².